The molecule has 0 amide bonds. The number of hydrogen-bond acceptors (Lipinski definition) is 1. The van der Waals surface area contributed by atoms with Gasteiger partial charge >= 0.3 is 0 Å². The Morgan fingerprint density at radius 1 is 0.889 bits per heavy atom. The molecule has 0 spiro atoms. The smallest absolute Gasteiger partial charge is 0.0783 e. The van der Waals surface area contributed by atoms with E-state index in [-0.39, 0.29) is 5.41 Å². The zero-order chi connectivity index (χ0) is 12.8. The van der Waals surface area contributed by atoms with Gasteiger partial charge < -0.3 is 0 Å². The van der Waals surface area contributed by atoms with E-state index in [4.69, 9.17) is 0 Å². The normalized spacial score (nSPS) is 12.2. The zero-order valence-corrected chi connectivity index (χ0v) is 11.1. The molecule has 1 nitrogen and oxygen atoms in total. The molecular formula is C17H17N. The van der Waals surface area contributed by atoms with Gasteiger partial charge in [-0.05, 0) is 28.5 Å². The van der Waals surface area contributed by atoms with Crippen molar-refractivity contribution < 1.29 is 0 Å². The van der Waals surface area contributed by atoms with E-state index >= 15 is 0 Å². The highest BCUT2D eigenvalue weighted by molar-refractivity contribution is 6.06. The molecule has 18 heavy (non-hydrogen) atoms. The quantitative estimate of drug-likeness (QED) is 0.515. The molecule has 90 valence electrons. The Hall–Kier alpha value is -1.89. The van der Waals surface area contributed by atoms with E-state index in [9.17, 15) is 0 Å². The number of rotatable bonds is 0. The molecule has 3 aromatic rings. The number of benzene rings is 2. The third-order valence-corrected chi connectivity index (χ3v) is 3.42. The maximum Gasteiger partial charge on any atom is 0.0783 e. The van der Waals surface area contributed by atoms with Gasteiger partial charge in [-0.1, -0.05) is 51.1 Å². The molecule has 0 N–H and O–H groups in total. The first-order valence-corrected chi connectivity index (χ1v) is 6.34. The summed E-state index contributed by atoms with van der Waals surface area (Å²) in [6, 6.07) is 15.0. The fourth-order valence-corrected chi connectivity index (χ4v) is 2.53. The Morgan fingerprint density at radius 2 is 1.61 bits per heavy atom. The maximum atomic E-state index is 4.58. The van der Waals surface area contributed by atoms with Crippen LogP contribution in [0.4, 0.5) is 0 Å². The zero-order valence-electron chi connectivity index (χ0n) is 11.1. The van der Waals surface area contributed by atoms with Gasteiger partial charge in [-0.15, -0.1) is 0 Å². The molecule has 0 fully saturated rings. The lowest BCUT2D eigenvalue weighted by Gasteiger charge is -2.22. The average molecular weight is 235 g/mol. The maximum absolute atomic E-state index is 4.58. The lowest BCUT2D eigenvalue weighted by molar-refractivity contribution is 0.596. The number of nitrogens with zero attached hydrogens (tertiary/aromatic N) is 1. The molecule has 0 aliphatic heterocycles. The van der Waals surface area contributed by atoms with Crippen LogP contribution < -0.4 is 0 Å². The summed E-state index contributed by atoms with van der Waals surface area (Å²) in [4.78, 5) is 4.58. The summed E-state index contributed by atoms with van der Waals surface area (Å²) < 4.78 is 0. The van der Waals surface area contributed by atoms with Gasteiger partial charge in [-0.3, -0.25) is 4.98 Å². The number of fused-ring (bicyclic) bond motifs is 3. The van der Waals surface area contributed by atoms with Crippen LogP contribution in [0, 0.1) is 0 Å². The van der Waals surface area contributed by atoms with E-state index in [1.54, 1.807) is 0 Å². The van der Waals surface area contributed by atoms with Crippen LogP contribution in [0.2, 0.25) is 0 Å². The van der Waals surface area contributed by atoms with E-state index in [2.05, 4.69) is 62.2 Å². The molecule has 1 aromatic heterocycles. The van der Waals surface area contributed by atoms with Gasteiger partial charge in [-0.25, -0.2) is 0 Å². The minimum absolute atomic E-state index is 0.130. The van der Waals surface area contributed by atoms with Crippen molar-refractivity contribution in [3.63, 3.8) is 0 Å². The van der Waals surface area contributed by atoms with Crippen LogP contribution in [0.25, 0.3) is 21.7 Å². The van der Waals surface area contributed by atoms with E-state index < -0.39 is 0 Å². The van der Waals surface area contributed by atoms with Crippen molar-refractivity contribution in [2.24, 2.45) is 0 Å². The van der Waals surface area contributed by atoms with Gasteiger partial charge in [0, 0.05) is 17.0 Å². The van der Waals surface area contributed by atoms with Crippen LogP contribution in [-0.2, 0) is 5.41 Å². The predicted molar refractivity (Wildman–Crippen MR) is 77.9 cm³/mol. The topological polar surface area (TPSA) is 12.9 Å². The summed E-state index contributed by atoms with van der Waals surface area (Å²) in [6.45, 7) is 6.76. The first kappa shape index (κ1) is 11.2. The van der Waals surface area contributed by atoms with Crippen molar-refractivity contribution in [2.75, 3.05) is 0 Å². The van der Waals surface area contributed by atoms with Gasteiger partial charge in [0.05, 0.1) is 5.52 Å². The molecule has 2 aromatic carbocycles. The van der Waals surface area contributed by atoms with E-state index in [1.807, 2.05) is 12.3 Å². The standard InChI is InChI=1S/C17H17N/c1-17(2,3)15-11-12-7-4-5-8-13(12)16-14(15)9-6-10-18-16/h4-11H,1-3H3. The summed E-state index contributed by atoms with van der Waals surface area (Å²) >= 11 is 0. The second-order valence-electron chi connectivity index (χ2n) is 5.79. The largest absolute Gasteiger partial charge is 0.256 e. The minimum Gasteiger partial charge on any atom is -0.256 e. The van der Waals surface area contributed by atoms with Gasteiger partial charge in [0.2, 0.25) is 0 Å². The highest BCUT2D eigenvalue weighted by Crippen LogP contribution is 2.34. The van der Waals surface area contributed by atoms with Crippen LogP contribution in [-0.4, -0.2) is 4.98 Å². The molecular weight excluding hydrogens is 218 g/mol. The first-order chi connectivity index (χ1) is 8.57. The third kappa shape index (κ3) is 1.67. The molecule has 1 heteroatoms. The lowest BCUT2D eigenvalue weighted by atomic mass is 9.83. The van der Waals surface area contributed by atoms with Crippen LogP contribution in [0.3, 0.4) is 0 Å². The molecule has 0 bridgehead atoms. The number of aromatic nitrogens is 1. The van der Waals surface area contributed by atoms with Crippen molar-refractivity contribution in [3.05, 3.63) is 54.2 Å². The summed E-state index contributed by atoms with van der Waals surface area (Å²) in [6.07, 6.45) is 1.88. The molecule has 0 aliphatic carbocycles. The minimum atomic E-state index is 0.130. The van der Waals surface area contributed by atoms with Gasteiger partial charge in [-0.2, -0.15) is 0 Å². The second kappa shape index (κ2) is 3.81. The van der Waals surface area contributed by atoms with Crippen LogP contribution in [0.5, 0.6) is 0 Å². The van der Waals surface area contributed by atoms with E-state index in [1.165, 1.54) is 21.7 Å². The Bertz CT molecular complexity index is 720. The number of pyridine rings is 1. The fraction of sp³-hybridized carbons (Fsp3) is 0.235. The summed E-state index contributed by atoms with van der Waals surface area (Å²) in [7, 11) is 0. The summed E-state index contributed by atoms with van der Waals surface area (Å²) in [5, 5.41) is 3.78. The highest BCUT2D eigenvalue weighted by Gasteiger charge is 2.18. The van der Waals surface area contributed by atoms with Gasteiger partial charge in [0.1, 0.15) is 0 Å². The average Bonchev–Trinajstić information content (AvgIpc) is 2.37. The Morgan fingerprint density at radius 3 is 2.39 bits per heavy atom. The first-order valence-electron chi connectivity index (χ1n) is 6.34. The van der Waals surface area contributed by atoms with Crippen LogP contribution in [0.15, 0.2) is 48.7 Å². The van der Waals surface area contributed by atoms with E-state index in [0.29, 0.717) is 0 Å². The summed E-state index contributed by atoms with van der Waals surface area (Å²) in [5.74, 6) is 0. The molecule has 0 aliphatic rings. The molecule has 0 saturated heterocycles. The molecule has 0 radical (unpaired) electrons. The molecule has 0 unspecified atom stereocenters. The SMILES string of the molecule is CC(C)(C)c1cc2ccccc2c2ncccc12. The van der Waals surface area contributed by atoms with E-state index in [0.717, 1.165) is 5.52 Å². The lowest BCUT2D eigenvalue weighted by Crippen LogP contribution is -2.12. The van der Waals surface area contributed by atoms with Crippen molar-refractivity contribution in [2.45, 2.75) is 26.2 Å². The highest BCUT2D eigenvalue weighted by atomic mass is 14.6. The van der Waals surface area contributed by atoms with Gasteiger partial charge in [0.15, 0.2) is 0 Å². The molecule has 0 saturated carbocycles. The Kier molecular flexibility index (Phi) is 2.37. The van der Waals surface area contributed by atoms with Gasteiger partial charge in [0.25, 0.3) is 0 Å². The monoisotopic (exact) mass is 235 g/mol. The van der Waals surface area contributed by atoms with Crippen LogP contribution >= 0.6 is 0 Å². The molecule has 0 atom stereocenters. The Balaban J connectivity index is 2.55. The molecule has 3 rings (SSSR count). The van der Waals surface area contributed by atoms with Crippen molar-refractivity contribution in [1.29, 1.82) is 0 Å². The predicted octanol–water partition coefficient (Wildman–Crippen LogP) is 4.69. The second-order valence-corrected chi connectivity index (χ2v) is 5.79. The fourth-order valence-electron chi connectivity index (χ4n) is 2.53. The summed E-state index contributed by atoms with van der Waals surface area (Å²) in [5.41, 5.74) is 2.61. The van der Waals surface area contributed by atoms with Crippen LogP contribution in [0.1, 0.15) is 26.3 Å². The number of hydrogen-bond donors (Lipinski definition) is 0. The van der Waals surface area contributed by atoms with Crippen molar-refractivity contribution in [1.82, 2.24) is 4.98 Å². The van der Waals surface area contributed by atoms with Crippen molar-refractivity contribution in [3.8, 4) is 0 Å². The third-order valence-electron chi connectivity index (χ3n) is 3.42. The molecule has 1 heterocycles. The Labute approximate surface area is 107 Å². The van der Waals surface area contributed by atoms with Crippen molar-refractivity contribution >= 4 is 21.7 Å².